The number of hydrogen-bond acceptors (Lipinski definition) is 5. The second-order valence-electron chi connectivity index (χ2n) is 9.22. The van der Waals surface area contributed by atoms with E-state index < -0.39 is 18.1 Å². The van der Waals surface area contributed by atoms with Gasteiger partial charge in [-0.1, -0.05) is 64.9 Å². The molecule has 1 heterocycles. The van der Waals surface area contributed by atoms with Crippen LogP contribution in [0.3, 0.4) is 0 Å². The maximum absolute atomic E-state index is 14.7. The number of benzene rings is 2. The highest BCUT2D eigenvalue weighted by Crippen LogP contribution is 2.29. The lowest BCUT2D eigenvalue weighted by Gasteiger charge is -2.29. The highest BCUT2D eigenvalue weighted by atomic mass is 19.1. The van der Waals surface area contributed by atoms with Gasteiger partial charge in [0.25, 0.3) is 0 Å². The highest BCUT2D eigenvalue weighted by molar-refractivity contribution is 5.91. The summed E-state index contributed by atoms with van der Waals surface area (Å²) in [6, 6.07) is 11.1. The van der Waals surface area contributed by atoms with Crippen molar-refractivity contribution in [1.29, 1.82) is 0 Å². The van der Waals surface area contributed by atoms with E-state index >= 15 is 0 Å². The number of esters is 1. The van der Waals surface area contributed by atoms with Gasteiger partial charge in [-0.3, -0.25) is 0 Å². The molecule has 0 aliphatic carbocycles. The van der Waals surface area contributed by atoms with Crippen LogP contribution in [0.1, 0.15) is 93.8 Å². The second-order valence-corrected chi connectivity index (χ2v) is 9.22. The van der Waals surface area contributed by atoms with Crippen LogP contribution < -0.4 is 9.47 Å². The molecule has 6 heteroatoms. The van der Waals surface area contributed by atoms with Gasteiger partial charge in [-0.05, 0) is 49.2 Å². The number of halogens is 1. The van der Waals surface area contributed by atoms with Crippen molar-refractivity contribution in [2.24, 2.45) is 5.92 Å². The van der Waals surface area contributed by atoms with Gasteiger partial charge in [0.05, 0.1) is 25.4 Å². The van der Waals surface area contributed by atoms with Crippen LogP contribution in [0, 0.1) is 11.7 Å². The fourth-order valence-corrected chi connectivity index (χ4v) is 4.07. The van der Waals surface area contributed by atoms with Crippen LogP contribution in [0.4, 0.5) is 4.39 Å². The highest BCUT2D eigenvalue weighted by Gasteiger charge is 2.26. The Hall–Kier alpha value is -2.44. The van der Waals surface area contributed by atoms with Crippen molar-refractivity contribution in [1.82, 2.24) is 0 Å². The zero-order chi connectivity index (χ0) is 24.9. The summed E-state index contributed by atoms with van der Waals surface area (Å²) < 4.78 is 37.4. The fraction of sp³-hybridized carbons (Fsp3) is 0.552. The van der Waals surface area contributed by atoms with E-state index in [1.165, 1.54) is 50.3 Å². The molecule has 0 amide bonds. The summed E-state index contributed by atoms with van der Waals surface area (Å²) in [6.45, 7) is 6.13. The predicted molar refractivity (Wildman–Crippen MR) is 134 cm³/mol. The van der Waals surface area contributed by atoms with Crippen molar-refractivity contribution < 1.29 is 28.1 Å². The quantitative estimate of drug-likeness (QED) is 0.156. The van der Waals surface area contributed by atoms with Gasteiger partial charge in [-0.2, -0.15) is 0 Å². The SMILES string of the molecule is CCCCCCCCOc1ccc(OC(=O)c2ccc(C3OCC(CCCC)CO3)c(F)c2)cc1. The maximum Gasteiger partial charge on any atom is 0.343 e. The first-order valence-electron chi connectivity index (χ1n) is 13.1. The van der Waals surface area contributed by atoms with E-state index in [1.807, 2.05) is 0 Å². The van der Waals surface area contributed by atoms with Gasteiger partial charge in [0.15, 0.2) is 6.29 Å². The molecule has 1 saturated heterocycles. The van der Waals surface area contributed by atoms with E-state index in [1.54, 1.807) is 24.3 Å². The van der Waals surface area contributed by atoms with Gasteiger partial charge in [0.1, 0.15) is 17.3 Å². The molecule has 0 saturated carbocycles. The van der Waals surface area contributed by atoms with Crippen LogP contribution in [0.2, 0.25) is 0 Å². The Morgan fingerprint density at radius 1 is 0.886 bits per heavy atom. The van der Waals surface area contributed by atoms with Gasteiger partial charge in [0, 0.05) is 11.5 Å². The molecular weight excluding hydrogens is 447 g/mol. The van der Waals surface area contributed by atoms with Crippen LogP contribution in [-0.2, 0) is 9.47 Å². The summed E-state index contributed by atoms with van der Waals surface area (Å²) in [7, 11) is 0. The molecule has 0 spiro atoms. The third-order valence-corrected chi connectivity index (χ3v) is 6.22. The average molecular weight is 487 g/mol. The number of ether oxygens (including phenoxy) is 4. The third kappa shape index (κ3) is 8.93. The largest absolute Gasteiger partial charge is 0.494 e. The lowest BCUT2D eigenvalue weighted by molar-refractivity contribution is -0.207. The molecule has 2 aromatic rings. The average Bonchev–Trinajstić information content (AvgIpc) is 2.88. The predicted octanol–water partition coefficient (Wildman–Crippen LogP) is 7.64. The van der Waals surface area contributed by atoms with Gasteiger partial charge < -0.3 is 18.9 Å². The standard InChI is InChI=1S/C29H39FO5/c1-3-5-7-8-9-10-18-32-24-13-15-25(16-14-24)35-28(31)23-12-17-26(27(30)19-23)29-33-20-22(21-34-29)11-6-4-2/h12-17,19,22,29H,3-11,18,20-21H2,1-2H3. The Kier molecular flexibility index (Phi) is 11.5. The first-order valence-corrected chi connectivity index (χ1v) is 13.1. The summed E-state index contributed by atoms with van der Waals surface area (Å²) in [6.07, 6.45) is 9.81. The van der Waals surface area contributed by atoms with Gasteiger partial charge in [-0.15, -0.1) is 0 Å². The molecule has 0 radical (unpaired) electrons. The number of carbonyl (C=O) groups excluding carboxylic acids is 1. The van der Waals surface area contributed by atoms with Gasteiger partial charge in [-0.25, -0.2) is 9.18 Å². The van der Waals surface area contributed by atoms with Crippen LogP contribution in [0.5, 0.6) is 11.5 Å². The van der Waals surface area contributed by atoms with Crippen LogP contribution in [-0.4, -0.2) is 25.8 Å². The van der Waals surface area contributed by atoms with E-state index in [4.69, 9.17) is 18.9 Å². The molecule has 0 aromatic heterocycles. The third-order valence-electron chi connectivity index (χ3n) is 6.22. The first-order chi connectivity index (χ1) is 17.1. The van der Waals surface area contributed by atoms with Crippen molar-refractivity contribution in [2.45, 2.75) is 77.9 Å². The smallest absolute Gasteiger partial charge is 0.343 e. The maximum atomic E-state index is 14.7. The number of unbranched alkanes of at least 4 members (excludes halogenated alkanes) is 6. The summed E-state index contributed by atoms with van der Waals surface area (Å²) in [5.74, 6) is 0.286. The Morgan fingerprint density at radius 3 is 2.23 bits per heavy atom. The molecule has 1 aliphatic heterocycles. The summed E-state index contributed by atoms with van der Waals surface area (Å²) in [4.78, 5) is 12.5. The van der Waals surface area contributed by atoms with Gasteiger partial charge in [0.2, 0.25) is 0 Å². The second kappa shape index (κ2) is 14.8. The normalized spacial score (nSPS) is 17.8. The lowest BCUT2D eigenvalue weighted by Crippen LogP contribution is -2.27. The van der Waals surface area contributed by atoms with Crippen molar-refractivity contribution in [3.8, 4) is 11.5 Å². The molecular formula is C29H39FO5. The lowest BCUT2D eigenvalue weighted by atomic mass is 10.0. The molecule has 2 aromatic carbocycles. The number of hydrogen-bond donors (Lipinski definition) is 0. The topological polar surface area (TPSA) is 54.0 Å². The van der Waals surface area contributed by atoms with E-state index in [0.29, 0.717) is 37.1 Å². The van der Waals surface area contributed by atoms with E-state index in [-0.39, 0.29) is 5.56 Å². The minimum atomic E-state index is -0.748. The molecule has 1 fully saturated rings. The molecule has 35 heavy (non-hydrogen) atoms. The number of carbonyl (C=O) groups is 1. The summed E-state index contributed by atoms with van der Waals surface area (Å²) in [5.41, 5.74) is 0.425. The number of rotatable bonds is 14. The Balaban J connectivity index is 1.44. The molecule has 0 atom stereocenters. The molecule has 192 valence electrons. The van der Waals surface area contributed by atoms with Crippen molar-refractivity contribution in [3.63, 3.8) is 0 Å². The molecule has 3 rings (SSSR count). The Labute approximate surface area is 208 Å². The fourth-order valence-electron chi connectivity index (χ4n) is 4.07. The first kappa shape index (κ1) is 27.2. The zero-order valence-electron chi connectivity index (χ0n) is 21.1. The summed E-state index contributed by atoms with van der Waals surface area (Å²) in [5, 5.41) is 0. The van der Waals surface area contributed by atoms with Crippen LogP contribution >= 0.6 is 0 Å². The van der Waals surface area contributed by atoms with Crippen LogP contribution in [0.25, 0.3) is 0 Å². The molecule has 0 unspecified atom stereocenters. The van der Waals surface area contributed by atoms with E-state index in [9.17, 15) is 9.18 Å². The molecule has 0 N–H and O–H groups in total. The van der Waals surface area contributed by atoms with Crippen molar-refractivity contribution >= 4 is 5.97 Å². The van der Waals surface area contributed by atoms with Gasteiger partial charge >= 0.3 is 5.97 Å². The van der Waals surface area contributed by atoms with E-state index in [0.717, 1.165) is 31.4 Å². The van der Waals surface area contributed by atoms with Crippen molar-refractivity contribution in [3.05, 3.63) is 59.4 Å². The van der Waals surface area contributed by atoms with Crippen LogP contribution in [0.15, 0.2) is 42.5 Å². The van der Waals surface area contributed by atoms with Crippen molar-refractivity contribution in [2.75, 3.05) is 19.8 Å². The van der Waals surface area contributed by atoms with E-state index in [2.05, 4.69) is 13.8 Å². The minimum Gasteiger partial charge on any atom is -0.494 e. The Morgan fingerprint density at radius 2 is 1.54 bits per heavy atom. The molecule has 0 bridgehead atoms. The minimum absolute atomic E-state index is 0.131. The monoisotopic (exact) mass is 486 g/mol. The zero-order valence-corrected chi connectivity index (χ0v) is 21.1. The molecule has 5 nitrogen and oxygen atoms in total. The summed E-state index contributed by atoms with van der Waals surface area (Å²) >= 11 is 0. The Bertz CT molecular complexity index is 890. The molecule has 1 aliphatic rings.